The van der Waals surface area contributed by atoms with Gasteiger partial charge >= 0.3 is 40.6 Å². The van der Waals surface area contributed by atoms with Gasteiger partial charge in [-0.1, -0.05) is 0 Å². The second-order valence-electron chi connectivity index (χ2n) is 3.05. The third kappa shape index (κ3) is 251. The molecule has 0 unspecified atom stereocenters. The van der Waals surface area contributed by atoms with Gasteiger partial charge in [0.05, 0.1) is 5.25 Å². The molecule has 0 saturated carbocycles. The van der Waals surface area contributed by atoms with E-state index in [1.165, 1.54) is 13.8 Å². The molecule has 0 saturated heterocycles. The van der Waals surface area contributed by atoms with Crippen molar-refractivity contribution in [3.05, 3.63) is 0 Å². The van der Waals surface area contributed by atoms with E-state index in [9.17, 15) is 60.2 Å². The molecule has 0 aromatic carbocycles. The molecule has 0 aliphatic carbocycles. The Hall–Kier alpha value is -0.138. The van der Waals surface area contributed by atoms with Gasteiger partial charge in [-0.2, -0.15) is 8.42 Å². The first-order valence-corrected chi connectivity index (χ1v) is 6.03. The van der Waals surface area contributed by atoms with E-state index < -0.39 is 37.1 Å². The van der Waals surface area contributed by atoms with Gasteiger partial charge in [-0.3, -0.25) is 4.55 Å². The van der Waals surface area contributed by atoms with Gasteiger partial charge in [0.2, 0.25) is 0 Å². The van der Waals surface area contributed by atoms with E-state index in [2.05, 4.69) is 0 Å². The van der Waals surface area contributed by atoms with Gasteiger partial charge in [0.15, 0.2) is 0 Å². The minimum atomic E-state index is -6.00. The topological polar surface area (TPSA) is 54.4 Å². The fourth-order valence-electron chi connectivity index (χ4n) is 0. The van der Waals surface area contributed by atoms with Crippen LogP contribution in [0, 0.1) is 0 Å². The normalized spacial score (nSPS) is 11.7. The van der Waals surface area contributed by atoms with Gasteiger partial charge in [0.25, 0.3) is 10.1 Å². The molecule has 0 aromatic rings. The first-order valence-electron chi connectivity index (χ1n) is 4.52. The van der Waals surface area contributed by atoms with Gasteiger partial charge in [-0.05, 0) is 13.8 Å². The summed E-state index contributed by atoms with van der Waals surface area (Å²) in [6, 6.07) is 0. The van der Waals surface area contributed by atoms with Crippen molar-refractivity contribution in [2.45, 2.75) is 19.1 Å². The molecular formula is C3H9B3F12LiO3S-3. The van der Waals surface area contributed by atoms with E-state index in [1.807, 2.05) is 0 Å². The zero-order chi connectivity index (χ0) is 19.6. The molecule has 0 spiro atoms. The van der Waals surface area contributed by atoms with Gasteiger partial charge < -0.3 is 51.8 Å². The fourth-order valence-corrected chi connectivity index (χ4v) is 0. The van der Waals surface area contributed by atoms with Crippen molar-refractivity contribution in [2.24, 2.45) is 0 Å². The van der Waals surface area contributed by atoms with Crippen molar-refractivity contribution in [3.8, 4) is 0 Å². The minimum absolute atomic E-state index is 0. The van der Waals surface area contributed by atoms with Crippen molar-refractivity contribution in [3.63, 3.8) is 0 Å². The Morgan fingerprint density at radius 3 is 0.696 bits per heavy atom. The second kappa shape index (κ2) is 13.2. The summed E-state index contributed by atoms with van der Waals surface area (Å²) in [5, 5.41) is -0.674. The molecule has 0 aliphatic heterocycles. The quantitative estimate of drug-likeness (QED) is 0.422. The summed E-state index contributed by atoms with van der Waals surface area (Å²) < 4.78 is 145. The van der Waals surface area contributed by atoms with Crippen LogP contribution in [0.1, 0.15) is 13.8 Å². The molecule has 0 aliphatic rings. The Bertz CT molecular complexity index is 316. The first kappa shape index (κ1) is 34.2. The fraction of sp³-hybridized carbons (Fsp3) is 1.00. The standard InChI is InChI=1S/C3H8O3S.3BF4.Li.H/c1-3(2)7(4,5)6;3*2-1(3,4)5;;/h3H,1-2H3,(H,4,5,6);;;;;/q;3*-1;;. The van der Waals surface area contributed by atoms with Crippen molar-refractivity contribution < 1.29 is 64.8 Å². The molecule has 1 N–H and O–H groups in total. The molecule has 23 heavy (non-hydrogen) atoms. The summed E-state index contributed by atoms with van der Waals surface area (Å²) in [6.07, 6.45) is 0. The SMILES string of the molecule is CC(C)S(=O)(=O)O.F[B-](F)(F)F.F[B-](F)(F)F.F[B-](F)(F)F.[LiH]. The molecular weight excluding hydrogens is 383 g/mol. The van der Waals surface area contributed by atoms with E-state index >= 15 is 0 Å². The summed E-state index contributed by atoms with van der Waals surface area (Å²) in [4.78, 5) is 0. The van der Waals surface area contributed by atoms with Crippen LogP contribution in [0.3, 0.4) is 0 Å². The molecule has 0 amide bonds. The molecule has 3 nitrogen and oxygen atoms in total. The maximum atomic E-state index is 9.89. The van der Waals surface area contributed by atoms with Crippen LogP contribution in [-0.4, -0.2) is 58.8 Å². The number of hydrogen-bond acceptors (Lipinski definition) is 2. The summed E-state index contributed by atoms with van der Waals surface area (Å²) >= 11 is 0. The molecule has 0 fully saturated rings. The number of rotatable bonds is 1. The van der Waals surface area contributed by atoms with E-state index in [1.54, 1.807) is 0 Å². The van der Waals surface area contributed by atoms with Crippen molar-refractivity contribution in [1.82, 2.24) is 0 Å². The van der Waals surface area contributed by atoms with Crippen LogP contribution in [0.4, 0.5) is 51.8 Å². The zero-order valence-electron chi connectivity index (χ0n) is 10.5. The molecule has 0 bridgehead atoms. The monoisotopic (exact) mass is 393 g/mol. The maximum absolute atomic E-state index is 9.89. The van der Waals surface area contributed by atoms with Crippen LogP contribution >= 0.6 is 0 Å². The van der Waals surface area contributed by atoms with Gasteiger partial charge in [0, 0.05) is 0 Å². The second-order valence-corrected chi connectivity index (χ2v) is 5.02. The summed E-state index contributed by atoms with van der Waals surface area (Å²) in [5.74, 6) is 0. The number of hydrogen-bond donors (Lipinski definition) is 1. The Balaban J connectivity index is -0.0000000625. The molecule has 142 valence electrons. The first-order chi connectivity index (χ1) is 8.94. The molecule has 0 atom stereocenters. The van der Waals surface area contributed by atoms with E-state index in [-0.39, 0.29) is 18.9 Å². The van der Waals surface area contributed by atoms with Crippen LogP contribution in [0.2, 0.25) is 0 Å². The summed E-state index contributed by atoms with van der Waals surface area (Å²) in [6.45, 7) is 2.82. The van der Waals surface area contributed by atoms with E-state index in [4.69, 9.17) is 4.55 Å². The van der Waals surface area contributed by atoms with Crippen LogP contribution in [0.5, 0.6) is 0 Å². The average Bonchev–Trinajstić information content (AvgIpc) is 1.89. The van der Waals surface area contributed by atoms with E-state index in [0.717, 1.165) is 0 Å². The molecule has 0 aromatic heterocycles. The van der Waals surface area contributed by atoms with Crippen molar-refractivity contribution in [2.75, 3.05) is 0 Å². The van der Waals surface area contributed by atoms with E-state index in [0.29, 0.717) is 0 Å². The number of halogens is 12. The van der Waals surface area contributed by atoms with Gasteiger partial charge in [0.1, 0.15) is 0 Å². The Labute approximate surface area is 135 Å². The predicted molar refractivity (Wildman–Crippen MR) is 64.4 cm³/mol. The van der Waals surface area contributed by atoms with Crippen molar-refractivity contribution >= 4 is 50.7 Å². The molecule has 0 radical (unpaired) electrons. The Morgan fingerprint density at radius 2 is 0.696 bits per heavy atom. The molecule has 0 rings (SSSR count). The van der Waals surface area contributed by atoms with Gasteiger partial charge in [-0.15, -0.1) is 0 Å². The Morgan fingerprint density at radius 1 is 0.652 bits per heavy atom. The van der Waals surface area contributed by atoms with Gasteiger partial charge in [-0.25, -0.2) is 0 Å². The van der Waals surface area contributed by atoms with Crippen LogP contribution in [0.15, 0.2) is 0 Å². The molecule has 20 heteroatoms. The average molecular weight is 393 g/mol. The zero-order valence-corrected chi connectivity index (χ0v) is 11.3. The summed E-state index contributed by atoms with van der Waals surface area (Å²) in [5.41, 5.74) is 0. The molecule has 0 heterocycles. The predicted octanol–water partition coefficient (Wildman–Crippen LogP) is 3.53. The third-order valence-corrected chi connectivity index (χ3v) is 1.79. The van der Waals surface area contributed by atoms with Crippen LogP contribution < -0.4 is 0 Å². The van der Waals surface area contributed by atoms with Crippen LogP contribution in [0.25, 0.3) is 0 Å². The third-order valence-electron chi connectivity index (χ3n) is 0.596. The summed E-state index contributed by atoms with van der Waals surface area (Å²) in [7, 11) is -21.7. The Kier molecular flexibility index (Phi) is 19.6. The van der Waals surface area contributed by atoms with Crippen molar-refractivity contribution in [1.29, 1.82) is 0 Å². The van der Waals surface area contributed by atoms with Crippen LogP contribution in [-0.2, 0) is 10.1 Å².